The molecule has 6 nitrogen and oxygen atoms in total. The highest BCUT2D eigenvalue weighted by Crippen LogP contribution is 2.29. The first-order valence-electron chi connectivity index (χ1n) is 4.41. The number of aromatic nitrogens is 3. The molecule has 0 saturated heterocycles. The zero-order chi connectivity index (χ0) is 12.6. The summed E-state index contributed by atoms with van der Waals surface area (Å²) in [6.07, 6.45) is 0. The minimum Gasteiger partial charge on any atom is -0.476 e. The Bertz CT molecular complexity index is 597. The summed E-state index contributed by atoms with van der Waals surface area (Å²) in [5.41, 5.74) is 5.65. The van der Waals surface area contributed by atoms with Gasteiger partial charge in [-0.15, -0.1) is 5.10 Å². The Kier molecular flexibility index (Phi) is 2.91. The highest BCUT2D eigenvalue weighted by molar-refractivity contribution is 6.43. The van der Waals surface area contributed by atoms with Crippen molar-refractivity contribution >= 4 is 35.0 Å². The van der Waals surface area contributed by atoms with E-state index >= 15 is 0 Å². The SMILES string of the molecule is Nc1c(C(=O)O)nnn1-c1cccc(Cl)c1Cl. The fraction of sp³-hybridized carbons (Fsp3) is 0. The standard InChI is InChI=1S/C9H6Cl2N4O2/c10-4-2-1-3-5(6(4)11)15-8(12)7(9(16)17)13-14-15/h1-3H,12H2,(H,16,17). The zero-order valence-electron chi connectivity index (χ0n) is 8.26. The average Bonchev–Trinajstić information content (AvgIpc) is 2.64. The highest BCUT2D eigenvalue weighted by Gasteiger charge is 2.19. The predicted octanol–water partition coefficient (Wildman–Crippen LogP) is 1.85. The van der Waals surface area contributed by atoms with Crippen molar-refractivity contribution in [1.29, 1.82) is 0 Å². The molecule has 0 bridgehead atoms. The van der Waals surface area contributed by atoms with Crippen LogP contribution in [0.1, 0.15) is 10.5 Å². The molecule has 17 heavy (non-hydrogen) atoms. The third-order valence-electron chi connectivity index (χ3n) is 2.07. The molecular formula is C9H6Cl2N4O2. The molecule has 8 heteroatoms. The number of aromatic carboxylic acids is 1. The lowest BCUT2D eigenvalue weighted by Gasteiger charge is -2.06. The monoisotopic (exact) mass is 272 g/mol. The van der Waals surface area contributed by atoms with Crippen LogP contribution in [0.25, 0.3) is 5.69 Å². The van der Waals surface area contributed by atoms with Crippen LogP contribution in [0.2, 0.25) is 10.0 Å². The lowest BCUT2D eigenvalue weighted by Crippen LogP contribution is -2.06. The van der Waals surface area contributed by atoms with Crippen LogP contribution in [0, 0.1) is 0 Å². The van der Waals surface area contributed by atoms with Gasteiger partial charge < -0.3 is 10.8 Å². The van der Waals surface area contributed by atoms with Gasteiger partial charge in [0.15, 0.2) is 5.82 Å². The van der Waals surface area contributed by atoms with Crippen molar-refractivity contribution in [3.8, 4) is 5.69 Å². The van der Waals surface area contributed by atoms with Gasteiger partial charge in [0, 0.05) is 0 Å². The summed E-state index contributed by atoms with van der Waals surface area (Å²) in [4.78, 5) is 10.8. The maximum absolute atomic E-state index is 10.8. The van der Waals surface area contributed by atoms with Crippen LogP contribution in [-0.2, 0) is 0 Å². The van der Waals surface area contributed by atoms with E-state index in [0.29, 0.717) is 10.7 Å². The first kappa shape index (κ1) is 11.7. The highest BCUT2D eigenvalue weighted by atomic mass is 35.5. The van der Waals surface area contributed by atoms with Crippen molar-refractivity contribution < 1.29 is 9.90 Å². The minimum atomic E-state index is -1.26. The maximum atomic E-state index is 10.8. The molecule has 0 radical (unpaired) electrons. The molecule has 0 amide bonds. The van der Waals surface area contributed by atoms with Gasteiger partial charge in [0.25, 0.3) is 0 Å². The molecule has 0 aliphatic carbocycles. The number of carbonyl (C=O) groups is 1. The van der Waals surface area contributed by atoms with Gasteiger partial charge in [0.1, 0.15) is 0 Å². The van der Waals surface area contributed by atoms with E-state index < -0.39 is 5.97 Å². The normalized spacial score (nSPS) is 10.5. The Morgan fingerprint density at radius 1 is 1.41 bits per heavy atom. The van der Waals surface area contributed by atoms with Crippen LogP contribution in [-0.4, -0.2) is 26.1 Å². The lowest BCUT2D eigenvalue weighted by molar-refractivity contribution is 0.0691. The van der Waals surface area contributed by atoms with E-state index in [0.717, 1.165) is 4.68 Å². The molecule has 1 heterocycles. The summed E-state index contributed by atoms with van der Waals surface area (Å²) < 4.78 is 1.12. The number of carboxylic acid groups (broad SMARTS) is 1. The summed E-state index contributed by atoms with van der Waals surface area (Å²) in [6, 6.07) is 4.84. The molecular weight excluding hydrogens is 267 g/mol. The first-order chi connectivity index (χ1) is 8.02. The number of halogens is 2. The Morgan fingerprint density at radius 3 is 2.71 bits per heavy atom. The van der Waals surface area contributed by atoms with Gasteiger partial charge in [-0.05, 0) is 12.1 Å². The molecule has 0 atom stereocenters. The van der Waals surface area contributed by atoms with E-state index in [9.17, 15) is 4.79 Å². The topological polar surface area (TPSA) is 94.0 Å². The molecule has 2 rings (SSSR count). The van der Waals surface area contributed by atoms with E-state index in [1.54, 1.807) is 18.2 Å². The van der Waals surface area contributed by atoms with E-state index in [1.165, 1.54) is 0 Å². The molecule has 0 fully saturated rings. The van der Waals surface area contributed by atoms with Gasteiger partial charge in [-0.2, -0.15) is 4.68 Å². The van der Waals surface area contributed by atoms with Crippen molar-refractivity contribution in [1.82, 2.24) is 15.0 Å². The number of carboxylic acids is 1. The lowest BCUT2D eigenvalue weighted by atomic mass is 10.3. The summed E-state index contributed by atoms with van der Waals surface area (Å²) in [5.74, 6) is -1.37. The van der Waals surface area contributed by atoms with Crippen molar-refractivity contribution in [2.24, 2.45) is 0 Å². The Hall–Kier alpha value is -1.79. The van der Waals surface area contributed by atoms with E-state index in [4.69, 9.17) is 34.0 Å². The second-order valence-electron chi connectivity index (χ2n) is 3.11. The number of anilines is 1. The minimum absolute atomic E-state index is 0.110. The third kappa shape index (κ3) is 1.92. The van der Waals surface area contributed by atoms with Gasteiger partial charge in [-0.1, -0.05) is 34.5 Å². The Morgan fingerprint density at radius 2 is 2.12 bits per heavy atom. The summed E-state index contributed by atoms with van der Waals surface area (Å²) >= 11 is 11.8. The second-order valence-corrected chi connectivity index (χ2v) is 3.90. The fourth-order valence-corrected chi connectivity index (χ4v) is 1.65. The van der Waals surface area contributed by atoms with Gasteiger partial charge >= 0.3 is 5.97 Å². The number of rotatable bonds is 2. The Labute approximate surface area is 106 Å². The smallest absolute Gasteiger partial charge is 0.360 e. The van der Waals surface area contributed by atoms with Crippen LogP contribution in [0.15, 0.2) is 18.2 Å². The number of benzene rings is 1. The average molecular weight is 273 g/mol. The van der Waals surface area contributed by atoms with Gasteiger partial charge in [-0.25, -0.2) is 4.79 Å². The molecule has 3 N–H and O–H groups in total. The second kappa shape index (κ2) is 4.23. The Balaban J connectivity index is 2.62. The van der Waals surface area contributed by atoms with Crippen LogP contribution >= 0.6 is 23.2 Å². The molecule has 1 aromatic heterocycles. The van der Waals surface area contributed by atoms with Crippen molar-refractivity contribution in [3.63, 3.8) is 0 Å². The molecule has 1 aromatic carbocycles. The van der Waals surface area contributed by atoms with E-state index in [2.05, 4.69) is 10.3 Å². The fourth-order valence-electron chi connectivity index (χ4n) is 1.28. The van der Waals surface area contributed by atoms with Gasteiger partial charge in [0.05, 0.1) is 15.7 Å². The number of nitrogen functional groups attached to an aromatic ring is 1. The van der Waals surface area contributed by atoms with Crippen LogP contribution < -0.4 is 5.73 Å². The predicted molar refractivity (Wildman–Crippen MR) is 62.8 cm³/mol. The largest absolute Gasteiger partial charge is 0.476 e. The van der Waals surface area contributed by atoms with Crippen LogP contribution in [0.5, 0.6) is 0 Å². The van der Waals surface area contributed by atoms with Crippen LogP contribution in [0.3, 0.4) is 0 Å². The molecule has 0 saturated carbocycles. The van der Waals surface area contributed by atoms with Gasteiger partial charge in [0.2, 0.25) is 5.69 Å². The quantitative estimate of drug-likeness (QED) is 0.870. The third-order valence-corrected chi connectivity index (χ3v) is 2.88. The molecule has 0 spiro atoms. The summed E-state index contributed by atoms with van der Waals surface area (Å²) in [7, 11) is 0. The molecule has 2 aromatic rings. The summed E-state index contributed by atoms with van der Waals surface area (Å²) in [6.45, 7) is 0. The van der Waals surface area contributed by atoms with Crippen molar-refractivity contribution in [2.75, 3.05) is 5.73 Å². The van der Waals surface area contributed by atoms with E-state index in [-0.39, 0.29) is 16.5 Å². The number of hydrogen-bond donors (Lipinski definition) is 2. The first-order valence-corrected chi connectivity index (χ1v) is 5.17. The molecule has 0 aliphatic heterocycles. The summed E-state index contributed by atoms with van der Waals surface area (Å²) in [5, 5.41) is 16.4. The molecule has 88 valence electrons. The van der Waals surface area contributed by atoms with E-state index in [1.807, 2.05) is 0 Å². The zero-order valence-corrected chi connectivity index (χ0v) is 9.77. The molecule has 0 unspecified atom stereocenters. The van der Waals surface area contributed by atoms with Crippen LogP contribution in [0.4, 0.5) is 5.82 Å². The van der Waals surface area contributed by atoms with Gasteiger partial charge in [-0.3, -0.25) is 0 Å². The maximum Gasteiger partial charge on any atom is 0.360 e. The number of nitrogens with two attached hydrogens (primary N) is 1. The molecule has 0 aliphatic rings. The van der Waals surface area contributed by atoms with Crippen molar-refractivity contribution in [2.45, 2.75) is 0 Å². The number of hydrogen-bond acceptors (Lipinski definition) is 4. The van der Waals surface area contributed by atoms with Crippen molar-refractivity contribution in [3.05, 3.63) is 33.9 Å². The number of nitrogens with zero attached hydrogens (tertiary/aromatic N) is 3.